The van der Waals surface area contributed by atoms with Crippen molar-refractivity contribution in [3.05, 3.63) is 59.4 Å². The first kappa shape index (κ1) is 19.9. The Morgan fingerprint density at radius 2 is 2.18 bits per heavy atom. The lowest BCUT2D eigenvalue weighted by Crippen LogP contribution is -2.23. The Morgan fingerprint density at radius 3 is 2.89 bits per heavy atom. The summed E-state index contributed by atoms with van der Waals surface area (Å²) in [7, 11) is 0. The zero-order chi connectivity index (χ0) is 19.9. The lowest BCUT2D eigenvalue weighted by molar-refractivity contribution is -0.139. The summed E-state index contributed by atoms with van der Waals surface area (Å²) in [5.41, 5.74) is 0.640. The molecule has 0 radical (unpaired) electrons. The molecule has 1 unspecified atom stereocenters. The molecule has 1 aliphatic carbocycles. The minimum atomic E-state index is -0.508. The van der Waals surface area contributed by atoms with Crippen LogP contribution in [0.4, 0.5) is 15.2 Å². The number of halogens is 1. The molecule has 0 N–H and O–H groups in total. The number of para-hydroxylation sites is 1. The maximum Gasteiger partial charge on any atom is 0.330 e. The lowest BCUT2D eigenvalue weighted by atomic mass is 9.95. The number of esters is 1. The van der Waals surface area contributed by atoms with Crippen molar-refractivity contribution in [3.63, 3.8) is 0 Å². The number of amides is 1. The van der Waals surface area contributed by atoms with Gasteiger partial charge in [0.05, 0.1) is 18.0 Å². The number of aromatic nitrogens is 1. The second-order valence-electron chi connectivity index (χ2n) is 6.47. The summed E-state index contributed by atoms with van der Waals surface area (Å²) >= 11 is 1.19. The summed E-state index contributed by atoms with van der Waals surface area (Å²) in [5.74, 6) is -0.915. The number of rotatable bonds is 6. The topological polar surface area (TPSA) is 59.5 Å². The van der Waals surface area contributed by atoms with Crippen molar-refractivity contribution in [2.45, 2.75) is 26.2 Å². The van der Waals surface area contributed by atoms with Gasteiger partial charge in [-0.3, -0.25) is 9.69 Å². The highest BCUT2D eigenvalue weighted by Crippen LogP contribution is 2.31. The van der Waals surface area contributed by atoms with Gasteiger partial charge in [0, 0.05) is 18.4 Å². The Morgan fingerprint density at radius 1 is 1.36 bits per heavy atom. The standard InChI is InChI=1S/C21H21FN2O3S/c1-15(25)24(19-10-6-5-9-18(19)22)21-23-17(14-28-21)11-12-20(26)27-13-16-7-3-2-4-8-16/h2-3,5-6,9-12,14,16H,4,7-8,13H2,1H3. The zero-order valence-corrected chi connectivity index (χ0v) is 16.3. The highest BCUT2D eigenvalue weighted by atomic mass is 32.1. The maximum absolute atomic E-state index is 14.1. The average molecular weight is 400 g/mol. The number of allylic oxidation sites excluding steroid dienone is 2. The summed E-state index contributed by atoms with van der Waals surface area (Å²) in [4.78, 5) is 29.5. The van der Waals surface area contributed by atoms with Crippen LogP contribution in [-0.2, 0) is 14.3 Å². The first-order valence-electron chi connectivity index (χ1n) is 9.05. The fourth-order valence-corrected chi connectivity index (χ4v) is 3.75. The molecule has 3 rings (SSSR count). The first-order chi connectivity index (χ1) is 13.5. The van der Waals surface area contributed by atoms with Gasteiger partial charge in [-0.15, -0.1) is 11.3 Å². The van der Waals surface area contributed by atoms with E-state index in [1.165, 1.54) is 47.4 Å². The first-order valence-corrected chi connectivity index (χ1v) is 9.93. The van der Waals surface area contributed by atoms with Crippen molar-refractivity contribution in [3.8, 4) is 0 Å². The van der Waals surface area contributed by atoms with Crippen LogP contribution in [-0.4, -0.2) is 23.5 Å². The third-order valence-electron chi connectivity index (χ3n) is 4.34. The molecule has 28 heavy (non-hydrogen) atoms. The van der Waals surface area contributed by atoms with E-state index in [2.05, 4.69) is 17.1 Å². The van der Waals surface area contributed by atoms with Crippen LogP contribution in [0, 0.1) is 11.7 Å². The maximum atomic E-state index is 14.1. The molecular formula is C21H21FN2O3S. The molecule has 0 spiro atoms. The number of carbonyl (C=O) groups is 2. The van der Waals surface area contributed by atoms with E-state index >= 15 is 0 Å². The third kappa shape index (κ3) is 5.13. The van der Waals surface area contributed by atoms with Crippen molar-refractivity contribution in [2.24, 2.45) is 5.92 Å². The molecule has 5 nitrogen and oxygen atoms in total. The normalized spacial score (nSPS) is 16.3. The number of anilines is 2. The fraction of sp³-hybridized carbons (Fsp3) is 0.286. The van der Waals surface area contributed by atoms with E-state index in [1.54, 1.807) is 17.5 Å². The number of ether oxygens (including phenoxy) is 1. The molecule has 0 saturated carbocycles. The van der Waals surface area contributed by atoms with Crippen LogP contribution in [0.1, 0.15) is 31.9 Å². The van der Waals surface area contributed by atoms with Crippen molar-refractivity contribution in [1.82, 2.24) is 4.98 Å². The van der Waals surface area contributed by atoms with Gasteiger partial charge >= 0.3 is 5.97 Å². The number of carbonyl (C=O) groups excluding carboxylic acids is 2. The van der Waals surface area contributed by atoms with Gasteiger partial charge in [0.15, 0.2) is 5.13 Å². The van der Waals surface area contributed by atoms with E-state index in [1.807, 2.05) is 0 Å². The van der Waals surface area contributed by atoms with Gasteiger partial charge in [0.2, 0.25) is 5.91 Å². The monoisotopic (exact) mass is 400 g/mol. The molecule has 1 aromatic carbocycles. The van der Waals surface area contributed by atoms with Crippen LogP contribution in [0.2, 0.25) is 0 Å². The van der Waals surface area contributed by atoms with E-state index in [0.717, 1.165) is 19.3 Å². The molecule has 146 valence electrons. The van der Waals surface area contributed by atoms with Gasteiger partial charge in [0.1, 0.15) is 5.82 Å². The second kappa shape index (κ2) is 9.41. The largest absolute Gasteiger partial charge is 0.462 e. The molecule has 2 aromatic rings. The van der Waals surface area contributed by atoms with Crippen molar-refractivity contribution in [1.29, 1.82) is 0 Å². The SMILES string of the molecule is CC(=O)N(c1nc(C=CC(=O)OCC2CC=CCC2)cs1)c1ccccc1F. The van der Waals surface area contributed by atoms with Gasteiger partial charge < -0.3 is 4.74 Å². The summed E-state index contributed by atoms with van der Waals surface area (Å²) in [5, 5.41) is 2.03. The molecule has 0 aliphatic heterocycles. The molecule has 1 amide bonds. The van der Waals surface area contributed by atoms with Crippen LogP contribution in [0.15, 0.2) is 47.9 Å². The molecule has 1 aliphatic rings. The summed E-state index contributed by atoms with van der Waals surface area (Å²) in [6.45, 7) is 1.75. The van der Waals surface area contributed by atoms with E-state index in [4.69, 9.17) is 4.74 Å². The molecule has 0 fully saturated rings. The zero-order valence-electron chi connectivity index (χ0n) is 15.5. The van der Waals surface area contributed by atoms with Gasteiger partial charge in [0.25, 0.3) is 0 Å². The van der Waals surface area contributed by atoms with E-state index in [0.29, 0.717) is 23.4 Å². The highest BCUT2D eigenvalue weighted by Gasteiger charge is 2.20. The number of nitrogens with zero attached hydrogens (tertiary/aromatic N) is 2. The minimum absolute atomic E-state index is 0.140. The van der Waals surface area contributed by atoms with Gasteiger partial charge in [-0.2, -0.15) is 0 Å². The quantitative estimate of drug-likeness (QED) is 0.394. The van der Waals surface area contributed by atoms with Crippen LogP contribution in [0.5, 0.6) is 0 Å². The minimum Gasteiger partial charge on any atom is -0.462 e. The summed E-state index contributed by atoms with van der Waals surface area (Å²) < 4.78 is 19.4. The summed E-state index contributed by atoms with van der Waals surface area (Å²) in [6, 6.07) is 6.02. The molecule has 0 bridgehead atoms. The summed E-state index contributed by atoms with van der Waals surface area (Å²) in [6.07, 6.45) is 10.1. The van der Waals surface area contributed by atoms with Crippen molar-refractivity contribution < 1.29 is 18.7 Å². The van der Waals surface area contributed by atoms with Crippen molar-refractivity contribution in [2.75, 3.05) is 11.5 Å². The molecule has 1 atom stereocenters. The molecular weight excluding hydrogens is 379 g/mol. The Labute approximate surface area is 167 Å². The Hall–Kier alpha value is -2.80. The predicted molar refractivity (Wildman–Crippen MR) is 108 cm³/mol. The van der Waals surface area contributed by atoms with E-state index < -0.39 is 11.8 Å². The van der Waals surface area contributed by atoms with Crippen LogP contribution >= 0.6 is 11.3 Å². The molecule has 0 saturated heterocycles. The van der Waals surface area contributed by atoms with E-state index in [9.17, 15) is 14.0 Å². The molecule has 1 heterocycles. The Kier molecular flexibility index (Phi) is 6.71. The van der Waals surface area contributed by atoms with E-state index in [-0.39, 0.29) is 11.6 Å². The smallest absolute Gasteiger partial charge is 0.330 e. The predicted octanol–water partition coefficient (Wildman–Crippen LogP) is 4.88. The third-order valence-corrected chi connectivity index (χ3v) is 5.18. The average Bonchev–Trinajstić information content (AvgIpc) is 3.15. The number of thiazole rings is 1. The highest BCUT2D eigenvalue weighted by molar-refractivity contribution is 7.14. The number of hydrogen-bond donors (Lipinski definition) is 0. The number of hydrogen-bond acceptors (Lipinski definition) is 5. The molecule has 7 heteroatoms. The van der Waals surface area contributed by atoms with Crippen molar-refractivity contribution >= 4 is 40.1 Å². The van der Waals surface area contributed by atoms with Crippen LogP contribution in [0.25, 0.3) is 6.08 Å². The Balaban J connectivity index is 1.64. The van der Waals surface area contributed by atoms with Crippen LogP contribution < -0.4 is 4.90 Å². The Bertz CT molecular complexity index is 907. The second-order valence-corrected chi connectivity index (χ2v) is 7.31. The fourth-order valence-electron chi connectivity index (χ4n) is 2.91. The van der Waals surface area contributed by atoms with Gasteiger partial charge in [-0.25, -0.2) is 14.2 Å². The number of benzene rings is 1. The lowest BCUT2D eigenvalue weighted by Gasteiger charge is -2.18. The van der Waals surface area contributed by atoms with Crippen LogP contribution in [0.3, 0.4) is 0 Å². The van der Waals surface area contributed by atoms with Gasteiger partial charge in [-0.05, 0) is 43.4 Å². The van der Waals surface area contributed by atoms with Gasteiger partial charge in [-0.1, -0.05) is 24.3 Å². The molecule has 1 aromatic heterocycles.